The Labute approximate surface area is 99.4 Å². The van der Waals surface area contributed by atoms with E-state index in [0.717, 1.165) is 25.3 Å². The molecule has 0 bridgehead atoms. The molecule has 90 valence electrons. The minimum absolute atomic E-state index is 0.270. The van der Waals surface area contributed by atoms with Gasteiger partial charge in [-0.1, -0.05) is 0 Å². The molecule has 0 spiro atoms. The smallest absolute Gasteiger partial charge is 0.224 e. The lowest BCUT2D eigenvalue weighted by molar-refractivity contribution is 0.617. The summed E-state index contributed by atoms with van der Waals surface area (Å²) in [5.41, 5.74) is 0. The van der Waals surface area contributed by atoms with Gasteiger partial charge in [-0.15, -0.1) is 0 Å². The summed E-state index contributed by atoms with van der Waals surface area (Å²) in [7, 11) is 0. The Balaban J connectivity index is 2.52. The summed E-state index contributed by atoms with van der Waals surface area (Å²) >= 11 is 1.77. The summed E-state index contributed by atoms with van der Waals surface area (Å²) in [4.78, 5) is 7.88. The first-order chi connectivity index (χ1) is 7.77. The molecule has 0 unspecified atom stereocenters. The quantitative estimate of drug-likeness (QED) is 0.720. The van der Waals surface area contributed by atoms with Crippen LogP contribution in [0.3, 0.4) is 0 Å². The number of rotatable bonds is 7. The van der Waals surface area contributed by atoms with Crippen LogP contribution in [-0.2, 0) is 0 Å². The second-order valence-electron chi connectivity index (χ2n) is 3.19. The number of hydrogen-bond acceptors (Lipinski definition) is 5. The van der Waals surface area contributed by atoms with Gasteiger partial charge in [0, 0.05) is 13.1 Å². The van der Waals surface area contributed by atoms with E-state index in [4.69, 9.17) is 0 Å². The summed E-state index contributed by atoms with van der Waals surface area (Å²) in [6.45, 7) is 3.39. The molecule has 0 aliphatic rings. The molecule has 1 heterocycles. The molecular weight excluding hydrogens is 227 g/mol. The molecule has 6 heteroatoms. The largest absolute Gasteiger partial charge is 0.367 e. The average Bonchev–Trinajstić information content (AvgIpc) is 2.29. The first-order valence-corrected chi connectivity index (χ1v) is 6.66. The van der Waals surface area contributed by atoms with E-state index < -0.39 is 5.82 Å². The molecule has 1 aromatic rings. The van der Waals surface area contributed by atoms with Gasteiger partial charge in [0.05, 0.1) is 6.20 Å². The van der Waals surface area contributed by atoms with Gasteiger partial charge in [-0.3, -0.25) is 0 Å². The van der Waals surface area contributed by atoms with Gasteiger partial charge in [0.2, 0.25) is 5.95 Å². The van der Waals surface area contributed by atoms with E-state index in [0.29, 0.717) is 5.95 Å². The van der Waals surface area contributed by atoms with E-state index in [1.54, 1.807) is 11.8 Å². The first kappa shape index (κ1) is 13.0. The van der Waals surface area contributed by atoms with Crippen molar-refractivity contribution in [2.75, 3.05) is 35.7 Å². The maximum atomic E-state index is 13.3. The van der Waals surface area contributed by atoms with Crippen LogP contribution in [0.15, 0.2) is 6.20 Å². The van der Waals surface area contributed by atoms with Crippen molar-refractivity contribution < 1.29 is 4.39 Å². The van der Waals surface area contributed by atoms with Crippen LogP contribution >= 0.6 is 11.8 Å². The van der Waals surface area contributed by atoms with Crippen LogP contribution in [-0.4, -0.2) is 35.1 Å². The molecule has 0 atom stereocenters. The van der Waals surface area contributed by atoms with E-state index in [1.165, 1.54) is 6.20 Å². The molecule has 0 radical (unpaired) electrons. The summed E-state index contributed by atoms with van der Waals surface area (Å²) in [6, 6.07) is 0. The Morgan fingerprint density at radius 1 is 1.44 bits per heavy atom. The van der Waals surface area contributed by atoms with Gasteiger partial charge in [0.15, 0.2) is 11.6 Å². The van der Waals surface area contributed by atoms with Gasteiger partial charge in [0.25, 0.3) is 0 Å². The van der Waals surface area contributed by atoms with E-state index >= 15 is 0 Å². The molecule has 2 N–H and O–H groups in total. The van der Waals surface area contributed by atoms with Crippen molar-refractivity contribution in [1.29, 1.82) is 0 Å². The van der Waals surface area contributed by atoms with Gasteiger partial charge in [-0.25, -0.2) is 9.37 Å². The number of hydrogen-bond donors (Lipinski definition) is 2. The predicted molar refractivity (Wildman–Crippen MR) is 67.6 cm³/mol. The predicted octanol–water partition coefficient (Wildman–Crippen LogP) is 2.21. The van der Waals surface area contributed by atoms with E-state index in [9.17, 15) is 4.39 Å². The van der Waals surface area contributed by atoms with E-state index in [2.05, 4.69) is 26.9 Å². The van der Waals surface area contributed by atoms with Crippen molar-refractivity contribution >= 4 is 23.5 Å². The van der Waals surface area contributed by atoms with Gasteiger partial charge in [0.1, 0.15) is 0 Å². The molecule has 16 heavy (non-hydrogen) atoms. The van der Waals surface area contributed by atoms with Crippen LogP contribution in [0.4, 0.5) is 16.2 Å². The fourth-order valence-electron chi connectivity index (χ4n) is 1.16. The standard InChI is InChI=1S/C10H17FN4S/c1-3-12-10-14-7-8(11)9(15-10)13-5-4-6-16-2/h7H,3-6H2,1-2H3,(H2,12,13,14,15). The topological polar surface area (TPSA) is 49.8 Å². The normalized spacial score (nSPS) is 10.2. The van der Waals surface area contributed by atoms with Crippen molar-refractivity contribution in [3.63, 3.8) is 0 Å². The van der Waals surface area contributed by atoms with Crippen LogP contribution in [0.2, 0.25) is 0 Å². The van der Waals surface area contributed by atoms with Gasteiger partial charge < -0.3 is 10.6 Å². The van der Waals surface area contributed by atoms with Gasteiger partial charge >= 0.3 is 0 Å². The summed E-state index contributed by atoms with van der Waals surface area (Å²) in [5, 5.41) is 5.91. The molecule has 0 saturated carbocycles. The molecule has 1 rings (SSSR count). The average molecular weight is 244 g/mol. The third-order valence-electron chi connectivity index (χ3n) is 1.90. The van der Waals surface area contributed by atoms with Gasteiger partial charge in [-0.2, -0.15) is 16.7 Å². The number of nitrogens with zero attached hydrogens (tertiary/aromatic N) is 2. The molecule has 0 aromatic carbocycles. The highest BCUT2D eigenvalue weighted by molar-refractivity contribution is 7.98. The maximum absolute atomic E-state index is 13.3. The van der Waals surface area contributed by atoms with Crippen molar-refractivity contribution in [1.82, 2.24) is 9.97 Å². The van der Waals surface area contributed by atoms with Crippen LogP contribution in [0, 0.1) is 5.82 Å². The molecule has 0 fully saturated rings. The van der Waals surface area contributed by atoms with Gasteiger partial charge in [-0.05, 0) is 25.4 Å². The highest BCUT2D eigenvalue weighted by Crippen LogP contribution is 2.11. The van der Waals surface area contributed by atoms with Crippen molar-refractivity contribution in [2.45, 2.75) is 13.3 Å². The molecule has 0 amide bonds. The Hall–Kier alpha value is -1.04. The summed E-state index contributed by atoms with van der Waals surface area (Å²) in [5.74, 6) is 1.37. The third-order valence-corrected chi connectivity index (χ3v) is 2.59. The van der Waals surface area contributed by atoms with Crippen LogP contribution in [0.25, 0.3) is 0 Å². The highest BCUT2D eigenvalue weighted by Gasteiger charge is 2.05. The third kappa shape index (κ3) is 4.22. The Morgan fingerprint density at radius 2 is 2.25 bits per heavy atom. The van der Waals surface area contributed by atoms with Crippen molar-refractivity contribution in [3.05, 3.63) is 12.0 Å². The zero-order chi connectivity index (χ0) is 11.8. The number of thioether (sulfide) groups is 1. The highest BCUT2D eigenvalue weighted by atomic mass is 32.2. The zero-order valence-electron chi connectivity index (χ0n) is 9.59. The van der Waals surface area contributed by atoms with E-state index in [-0.39, 0.29) is 5.82 Å². The molecular formula is C10H17FN4S. The number of nitrogens with one attached hydrogen (secondary N) is 2. The second kappa shape index (κ2) is 7.27. The molecule has 0 saturated heterocycles. The van der Waals surface area contributed by atoms with Crippen molar-refractivity contribution in [3.8, 4) is 0 Å². The lowest BCUT2D eigenvalue weighted by Crippen LogP contribution is -2.09. The summed E-state index contributed by atoms with van der Waals surface area (Å²) < 4.78 is 13.3. The minimum atomic E-state index is -0.411. The second-order valence-corrected chi connectivity index (χ2v) is 4.18. The lowest BCUT2D eigenvalue weighted by Gasteiger charge is -2.07. The Bertz CT molecular complexity index is 322. The molecule has 0 aliphatic heterocycles. The molecule has 1 aromatic heterocycles. The van der Waals surface area contributed by atoms with Crippen LogP contribution < -0.4 is 10.6 Å². The Kier molecular flexibility index (Phi) is 5.92. The number of anilines is 2. The van der Waals surface area contributed by atoms with E-state index in [1.807, 2.05) is 6.92 Å². The first-order valence-electron chi connectivity index (χ1n) is 5.27. The molecule has 4 nitrogen and oxygen atoms in total. The monoisotopic (exact) mass is 244 g/mol. The lowest BCUT2D eigenvalue weighted by atomic mass is 10.4. The minimum Gasteiger partial charge on any atom is -0.367 e. The Morgan fingerprint density at radius 3 is 2.94 bits per heavy atom. The zero-order valence-corrected chi connectivity index (χ0v) is 10.4. The molecule has 0 aliphatic carbocycles. The number of aromatic nitrogens is 2. The van der Waals surface area contributed by atoms with Crippen LogP contribution in [0.1, 0.15) is 13.3 Å². The fraction of sp³-hybridized carbons (Fsp3) is 0.600. The SMILES string of the molecule is CCNc1ncc(F)c(NCCCSC)n1. The fourth-order valence-corrected chi connectivity index (χ4v) is 1.59. The summed E-state index contributed by atoms with van der Waals surface area (Å²) in [6.07, 6.45) is 4.22. The number of halogens is 1. The van der Waals surface area contributed by atoms with Crippen molar-refractivity contribution in [2.24, 2.45) is 0 Å². The maximum Gasteiger partial charge on any atom is 0.224 e. The van der Waals surface area contributed by atoms with Crippen LogP contribution in [0.5, 0.6) is 0 Å².